The monoisotopic (exact) mass is 237 g/mol. The average molecular weight is 238 g/mol. The van der Waals surface area contributed by atoms with E-state index in [0.29, 0.717) is 17.4 Å². The molecule has 1 aliphatic rings. The Bertz CT molecular complexity index is 647. The zero-order valence-electron chi connectivity index (χ0n) is 8.46. The van der Waals surface area contributed by atoms with Gasteiger partial charge in [0.05, 0.1) is 5.52 Å². The Morgan fingerprint density at radius 3 is 3.00 bits per heavy atom. The van der Waals surface area contributed by atoms with Gasteiger partial charge in [-0.3, -0.25) is 4.79 Å². The van der Waals surface area contributed by atoms with E-state index in [0.717, 1.165) is 18.4 Å². The molecule has 0 spiro atoms. The summed E-state index contributed by atoms with van der Waals surface area (Å²) in [6.07, 6.45) is 1.78. The molecule has 1 aromatic carbocycles. The van der Waals surface area contributed by atoms with Gasteiger partial charge in [0.15, 0.2) is 5.82 Å². The van der Waals surface area contributed by atoms with E-state index in [1.54, 1.807) is 16.7 Å². The molecule has 0 radical (unpaired) electrons. The predicted octanol–water partition coefficient (Wildman–Crippen LogP) is 2.74. The largest absolute Gasteiger partial charge is 0.307 e. The minimum Gasteiger partial charge on any atom is -0.307 e. The number of halogens is 2. The summed E-state index contributed by atoms with van der Waals surface area (Å²) in [5.74, 6) is -0.596. The zero-order valence-corrected chi connectivity index (χ0v) is 9.22. The van der Waals surface area contributed by atoms with Gasteiger partial charge in [-0.25, -0.2) is 4.39 Å². The SMILES string of the molecule is O=c1c(Cl)c(F)c2cccc3c2n1CCC3. The number of benzene rings is 1. The van der Waals surface area contributed by atoms with Gasteiger partial charge in [-0.2, -0.15) is 0 Å². The van der Waals surface area contributed by atoms with Crippen LogP contribution < -0.4 is 5.56 Å². The van der Waals surface area contributed by atoms with Crippen LogP contribution in [-0.2, 0) is 13.0 Å². The lowest BCUT2D eigenvalue weighted by atomic mass is 10.0. The van der Waals surface area contributed by atoms with Crippen molar-refractivity contribution in [1.82, 2.24) is 4.57 Å². The second-order valence-corrected chi connectivity index (χ2v) is 4.38. The van der Waals surface area contributed by atoms with Crippen LogP contribution in [0.25, 0.3) is 10.9 Å². The topological polar surface area (TPSA) is 22.0 Å². The van der Waals surface area contributed by atoms with E-state index in [1.807, 2.05) is 6.07 Å². The van der Waals surface area contributed by atoms with Gasteiger partial charge in [0.25, 0.3) is 5.56 Å². The second kappa shape index (κ2) is 3.32. The van der Waals surface area contributed by atoms with Crippen molar-refractivity contribution in [3.05, 3.63) is 45.0 Å². The summed E-state index contributed by atoms with van der Waals surface area (Å²) in [7, 11) is 0. The first-order chi connectivity index (χ1) is 7.70. The van der Waals surface area contributed by atoms with Crippen molar-refractivity contribution in [1.29, 1.82) is 0 Å². The number of nitrogens with zero attached hydrogens (tertiary/aromatic N) is 1. The van der Waals surface area contributed by atoms with E-state index in [-0.39, 0.29) is 5.02 Å². The van der Waals surface area contributed by atoms with Gasteiger partial charge < -0.3 is 4.57 Å². The molecule has 4 heteroatoms. The fraction of sp³-hybridized carbons (Fsp3) is 0.250. The van der Waals surface area contributed by atoms with E-state index in [1.165, 1.54) is 0 Å². The molecule has 2 heterocycles. The van der Waals surface area contributed by atoms with Crippen LogP contribution >= 0.6 is 11.6 Å². The van der Waals surface area contributed by atoms with Crippen LogP contribution in [0.4, 0.5) is 4.39 Å². The summed E-state index contributed by atoms with van der Waals surface area (Å²) in [5.41, 5.74) is 1.32. The van der Waals surface area contributed by atoms with Crippen LogP contribution in [0.3, 0.4) is 0 Å². The molecule has 0 fully saturated rings. The van der Waals surface area contributed by atoms with Crippen LogP contribution in [0.15, 0.2) is 23.0 Å². The van der Waals surface area contributed by atoms with Gasteiger partial charge >= 0.3 is 0 Å². The third kappa shape index (κ3) is 1.15. The van der Waals surface area contributed by atoms with Crippen LogP contribution in [0.5, 0.6) is 0 Å². The minimum absolute atomic E-state index is 0.299. The molecule has 0 bridgehead atoms. The predicted molar refractivity (Wildman–Crippen MR) is 61.5 cm³/mol. The lowest BCUT2D eigenvalue weighted by Gasteiger charge is -2.19. The molecule has 16 heavy (non-hydrogen) atoms. The van der Waals surface area contributed by atoms with Crippen molar-refractivity contribution in [2.24, 2.45) is 0 Å². The number of para-hydroxylation sites is 1. The highest BCUT2D eigenvalue weighted by Gasteiger charge is 2.19. The van der Waals surface area contributed by atoms with Crippen LogP contribution in [0.1, 0.15) is 12.0 Å². The smallest absolute Gasteiger partial charge is 0.272 e. The molecule has 1 aromatic heterocycles. The van der Waals surface area contributed by atoms with Gasteiger partial charge in [-0.05, 0) is 24.5 Å². The Labute approximate surface area is 96.3 Å². The number of rotatable bonds is 0. The summed E-state index contributed by atoms with van der Waals surface area (Å²) >= 11 is 5.71. The molecule has 0 saturated carbocycles. The standard InChI is InChI=1S/C12H9ClFNO/c13-9-10(14)8-5-1-3-7-4-2-6-15(11(7)8)12(9)16/h1,3,5H,2,4,6H2. The first-order valence-corrected chi connectivity index (χ1v) is 5.57. The van der Waals surface area contributed by atoms with E-state index in [9.17, 15) is 9.18 Å². The van der Waals surface area contributed by atoms with Crippen LogP contribution in [-0.4, -0.2) is 4.57 Å². The Hall–Kier alpha value is -1.35. The van der Waals surface area contributed by atoms with Gasteiger partial charge in [0, 0.05) is 11.9 Å². The molecule has 2 aromatic rings. The van der Waals surface area contributed by atoms with Crippen molar-refractivity contribution in [2.45, 2.75) is 19.4 Å². The molecule has 2 nitrogen and oxygen atoms in total. The quantitative estimate of drug-likeness (QED) is 0.691. The molecular weight excluding hydrogens is 229 g/mol. The van der Waals surface area contributed by atoms with E-state index in [4.69, 9.17) is 11.6 Å². The zero-order chi connectivity index (χ0) is 11.3. The van der Waals surface area contributed by atoms with Crippen molar-refractivity contribution in [3.8, 4) is 0 Å². The molecule has 0 atom stereocenters. The Morgan fingerprint density at radius 2 is 2.19 bits per heavy atom. The van der Waals surface area contributed by atoms with Gasteiger partial charge in [-0.15, -0.1) is 0 Å². The number of hydrogen-bond acceptors (Lipinski definition) is 1. The van der Waals surface area contributed by atoms with E-state index in [2.05, 4.69) is 0 Å². The van der Waals surface area contributed by atoms with Gasteiger partial charge in [-0.1, -0.05) is 23.7 Å². The highest BCUT2D eigenvalue weighted by Crippen LogP contribution is 2.27. The molecule has 0 saturated heterocycles. The summed E-state index contributed by atoms with van der Waals surface area (Å²) in [4.78, 5) is 11.8. The second-order valence-electron chi connectivity index (χ2n) is 4.00. The van der Waals surface area contributed by atoms with Crippen LogP contribution in [0.2, 0.25) is 5.02 Å². The molecule has 0 aliphatic carbocycles. The van der Waals surface area contributed by atoms with Crippen molar-refractivity contribution in [2.75, 3.05) is 0 Å². The minimum atomic E-state index is -0.596. The van der Waals surface area contributed by atoms with Crippen molar-refractivity contribution in [3.63, 3.8) is 0 Å². The number of aromatic nitrogens is 1. The lowest BCUT2D eigenvalue weighted by molar-refractivity contribution is 0.593. The number of hydrogen-bond donors (Lipinski definition) is 0. The highest BCUT2D eigenvalue weighted by molar-refractivity contribution is 6.31. The average Bonchev–Trinajstić information content (AvgIpc) is 2.33. The van der Waals surface area contributed by atoms with Crippen LogP contribution in [0, 0.1) is 5.82 Å². The summed E-state index contributed by atoms with van der Waals surface area (Å²) in [6, 6.07) is 5.41. The molecule has 82 valence electrons. The van der Waals surface area contributed by atoms with Gasteiger partial charge in [0.1, 0.15) is 5.02 Å². The summed E-state index contributed by atoms with van der Waals surface area (Å²) in [5, 5.41) is 0.147. The molecular formula is C12H9ClFNO. The molecule has 0 amide bonds. The maximum atomic E-state index is 13.8. The fourth-order valence-electron chi connectivity index (χ4n) is 2.36. The maximum absolute atomic E-state index is 13.8. The molecule has 0 N–H and O–H groups in total. The maximum Gasteiger partial charge on any atom is 0.272 e. The van der Waals surface area contributed by atoms with E-state index >= 15 is 0 Å². The van der Waals surface area contributed by atoms with Crippen molar-refractivity contribution < 1.29 is 4.39 Å². The van der Waals surface area contributed by atoms with Gasteiger partial charge in [0.2, 0.25) is 0 Å². The summed E-state index contributed by atoms with van der Waals surface area (Å²) < 4.78 is 15.4. The first kappa shape index (κ1) is 9.85. The fourth-order valence-corrected chi connectivity index (χ4v) is 2.57. The molecule has 1 aliphatic heterocycles. The van der Waals surface area contributed by atoms with Crippen molar-refractivity contribution >= 4 is 22.5 Å². The first-order valence-electron chi connectivity index (χ1n) is 5.19. The third-order valence-electron chi connectivity index (χ3n) is 3.08. The summed E-state index contributed by atoms with van der Waals surface area (Å²) in [6.45, 7) is 0.617. The Kier molecular flexibility index (Phi) is 2.04. The Balaban J connectivity index is 2.62. The number of pyridine rings is 1. The third-order valence-corrected chi connectivity index (χ3v) is 3.41. The van der Waals surface area contributed by atoms with E-state index < -0.39 is 11.4 Å². The Morgan fingerprint density at radius 1 is 1.38 bits per heavy atom. The number of aryl methyl sites for hydroxylation is 2. The molecule has 0 unspecified atom stereocenters. The molecule has 3 rings (SSSR count). The lowest BCUT2D eigenvalue weighted by Crippen LogP contribution is -2.26. The normalized spacial score (nSPS) is 14.4. The highest BCUT2D eigenvalue weighted by atomic mass is 35.5.